The SMILES string of the molecule is CC(=O)c1ccc(-c2nc3c(Cl)c4ncccc4cc3[nH]2)cc1. The number of halogens is 1. The average Bonchev–Trinajstić information content (AvgIpc) is 2.99. The number of imidazole rings is 1. The number of carbonyl (C=O) groups excluding carboxylic acids is 1. The molecule has 2 aromatic carbocycles. The summed E-state index contributed by atoms with van der Waals surface area (Å²) in [6.07, 6.45) is 1.72. The molecule has 4 rings (SSSR count). The van der Waals surface area contributed by atoms with E-state index in [1.807, 2.05) is 30.3 Å². The molecule has 4 aromatic rings. The number of hydrogen-bond donors (Lipinski definition) is 1. The van der Waals surface area contributed by atoms with Crippen LogP contribution in [-0.4, -0.2) is 20.7 Å². The summed E-state index contributed by atoms with van der Waals surface area (Å²) in [6.45, 7) is 1.55. The molecule has 23 heavy (non-hydrogen) atoms. The van der Waals surface area contributed by atoms with Crippen LogP contribution in [0.2, 0.25) is 5.02 Å². The molecule has 112 valence electrons. The third-order valence-corrected chi connectivity index (χ3v) is 4.21. The number of nitrogens with zero attached hydrogens (tertiary/aromatic N) is 2. The minimum absolute atomic E-state index is 0.0431. The molecule has 0 amide bonds. The van der Waals surface area contributed by atoms with E-state index in [1.165, 1.54) is 0 Å². The van der Waals surface area contributed by atoms with Gasteiger partial charge in [0.15, 0.2) is 5.78 Å². The van der Waals surface area contributed by atoms with Crippen molar-refractivity contribution in [2.24, 2.45) is 0 Å². The zero-order valence-electron chi connectivity index (χ0n) is 12.3. The number of nitrogens with one attached hydrogen (secondary N) is 1. The summed E-state index contributed by atoms with van der Waals surface area (Å²) in [6, 6.07) is 13.2. The highest BCUT2D eigenvalue weighted by molar-refractivity contribution is 6.39. The second kappa shape index (κ2) is 5.18. The molecular formula is C18H12ClN3O. The molecule has 1 N–H and O–H groups in total. The second-order valence-electron chi connectivity index (χ2n) is 5.38. The number of aromatic amines is 1. The van der Waals surface area contributed by atoms with Crippen molar-refractivity contribution in [1.29, 1.82) is 0 Å². The van der Waals surface area contributed by atoms with Crippen LogP contribution in [0, 0.1) is 0 Å². The van der Waals surface area contributed by atoms with Gasteiger partial charge in [0.1, 0.15) is 11.3 Å². The Balaban J connectivity index is 1.90. The lowest BCUT2D eigenvalue weighted by Gasteiger charge is -1.99. The van der Waals surface area contributed by atoms with Crippen molar-refractivity contribution in [2.45, 2.75) is 6.92 Å². The van der Waals surface area contributed by atoms with Crippen LogP contribution in [0.1, 0.15) is 17.3 Å². The van der Waals surface area contributed by atoms with Gasteiger partial charge in [-0.05, 0) is 19.1 Å². The van der Waals surface area contributed by atoms with Gasteiger partial charge in [0.05, 0.1) is 16.1 Å². The van der Waals surface area contributed by atoms with Crippen LogP contribution in [0.15, 0.2) is 48.7 Å². The number of hydrogen-bond acceptors (Lipinski definition) is 3. The maximum absolute atomic E-state index is 11.4. The molecule has 0 atom stereocenters. The lowest BCUT2D eigenvalue weighted by Crippen LogP contribution is -1.91. The fraction of sp³-hybridized carbons (Fsp3) is 0.0556. The highest BCUT2D eigenvalue weighted by atomic mass is 35.5. The Hall–Kier alpha value is -2.72. The molecule has 2 aromatic heterocycles. The lowest BCUT2D eigenvalue weighted by atomic mass is 10.1. The molecule has 0 aliphatic heterocycles. The van der Waals surface area contributed by atoms with Gasteiger partial charge in [0, 0.05) is 22.7 Å². The summed E-state index contributed by atoms with van der Waals surface area (Å²) in [5.41, 5.74) is 3.88. The van der Waals surface area contributed by atoms with Crippen LogP contribution in [0.4, 0.5) is 0 Å². The maximum atomic E-state index is 11.4. The second-order valence-corrected chi connectivity index (χ2v) is 5.76. The highest BCUT2D eigenvalue weighted by Crippen LogP contribution is 2.31. The number of benzene rings is 2. The van der Waals surface area contributed by atoms with Crippen molar-refractivity contribution in [1.82, 2.24) is 15.0 Å². The Bertz CT molecular complexity index is 1050. The van der Waals surface area contributed by atoms with E-state index >= 15 is 0 Å². The molecule has 0 bridgehead atoms. The lowest BCUT2D eigenvalue weighted by molar-refractivity contribution is 0.101. The standard InChI is InChI=1S/C18H12ClN3O/c1-10(23)11-4-6-12(7-5-11)18-21-14-9-13-3-2-8-20-16(13)15(19)17(14)22-18/h2-9H,1H3,(H,21,22). The van der Waals surface area contributed by atoms with Crippen LogP contribution in [0.5, 0.6) is 0 Å². The molecule has 0 radical (unpaired) electrons. The highest BCUT2D eigenvalue weighted by Gasteiger charge is 2.12. The molecule has 0 spiro atoms. The van der Waals surface area contributed by atoms with Crippen molar-refractivity contribution >= 4 is 39.3 Å². The van der Waals surface area contributed by atoms with Crippen LogP contribution in [0.3, 0.4) is 0 Å². The largest absolute Gasteiger partial charge is 0.338 e. The van der Waals surface area contributed by atoms with Gasteiger partial charge < -0.3 is 4.98 Å². The monoisotopic (exact) mass is 321 g/mol. The normalized spacial score (nSPS) is 11.2. The number of H-pyrrole nitrogens is 1. The fourth-order valence-electron chi connectivity index (χ4n) is 2.64. The van der Waals surface area contributed by atoms with Crippen LogP contribution < -0.4 is 0 Å². The smallest absolute Gasteiger partial charge is 0.159 e. The van der Waals surface area contributed by atoms with Crippen molar-refractivity contribution in [3.8, 4) is 11.4 Å². The van der Waals surface area contributed by atoms with E-state index in [4.69, 9.17) is 11.6 Å². The molecule has 5 heteroatoms. The van der Waals surface area contributed by atoms with E-state index in [-0.39, 0.29) is 5.78 Å². The molecule has 4 nitrogen and oxygen atoms in total. The first kappa shape index (κ1) is 13.9. The van der Waals surface area contributed by atoms with Gasteiger partial charge in [0.25, 0.3) is 0 Å². The van der Waals surface area contributed by atoms with Gasteiger partial charge in [-0.25, -0.2) is 4.98 Å². The Morgan fingerprint density at radius 1 is 1.13 bits per heavy atom. The summed E-state index contributed by atoms with van der Waals surface area (Å²) >= 11 is 6.45. The van der Waals surface area contributed by atoms with Crippen molar-refractivity contribution in [3.63, 3.8) is 0 Å². The molecule has 2 heterocycles. The molecule has 0 aliphatic rings. The summed E-state index contributed by atoms with van der Waals surface area (Å²) in [5.74, 6) is 0.758. The van der Waals surface area contributed by atoms with Gasteiger partial charge in [-0.1, -0.05) is 41.9 Å². The van der Waals surface area contributed by atoms with E-state index in [9.17, 15) is 4.79 Å². The number of carbonyl (C=O) groups is 1. The molecular weight excluding hydrogens is 310 g/mol. The van der Waals surface area contributed by atoms with Gasteiger partial charge in [-0.3, -0.25) is 9.78 Å². The molecule has 0 aliphatic carbocycles. The number of fused-ring (bicyclic) bond motifs is 2. The minimum Gasteiger partial charge on any atom is -0.338 e. The third-order valence-electron chi connectivity index (χ3n) is 3.85. The Kier molecular flexibility index (Phi) is 3.13. The van der Waals surface area contributed by atoms with E-state index in [0.29, 0.717) is 21.9 Å². The predicted octanol–water partition coefficient (Wildman–Crippen LogP) is 4.63. The summed E-state index contributed by atoms with van der Waals surface area (Å²) < 4.78 is 0. The zero-order chi connectivity index (χ0) is 16.0. The van der Waals surface area contributed by atoms with E-state index < -0.39 is 0 Å². The van der Waals surface area contributed by atoms with Gasteiger partial charge in [-0.15, -0.1) is 0 Å². The van der Waals surface area contributed by atoms with Gasteiger partial charge >= 0.3 is 0 Å². The number of ketones is 1. The summed E-state index contributed by atoms with van der Waals surface area (Å²) in [5, 5.41) is 1.51. The van der Waals surface area contributed by atoms with Gasteiger partial charge in [0.2, 0.25) is 0 Å². The van der Waals surface area contributed by atoms with E-state index in [1.54, 1.807) is 25.3 Å². The number of rotatable bonds is 2. The summed E-state index contributed by atoms with van der Waals surface area (Å²) in [7, 11) is 0. The molecule has 0 saturated heterocycles. The first-order chi connectivity index (χ1) is 11.1. The van der Waals surface area contributed by atoms with Crippen LogP contribution in [-0.2, 0) is 0 Å². The number of Topliss-reactive ketones (excluding diaryl/α,β-unsaturated/α-hetero) is 1. The fourth-order valence-corrected chi connectivity index (χ4v) is 2.95. The zero-order valence-corrected chi connectivity index (χ0v) is 13.1. The summed E-state index contributed by atoms with van der Waals surface area (Å²) in [4.78, 5) is 23.6. The minimum atomic E-state index is 0.0431. The third kappa shape index (κ3) is 2.28. The molecule has 0 fully saturated rings. The average molecular weight is 322 g/mol. The van der Waals surface area contributed by atoms with Crippen molar-refractivity contribution in [3.05, 3.63) is 59.2 Å². The Labute approximate surface area is 137 Å². The van der Waals surface area contributed by atoms with Crippen LogP contribution in [0.25, 0.3) is 33.3 Å². The predicted molar refractivity (Wildman–Crippen MR) is 91.8 cm³/mol. The van der Waals surface area contributed by atoms with E-state index in [2.05, 4.69) is 15.0 Å². The van der Waals surface area contributed by atoms with Crippen molar-refractivity contribution < 1.29 is 4.79 Å². The quantitative estimate of drug-likeness (QED) is 0.547. The Morgan fingerprint density at radius 2 is 1.91 bits per heavy atom. The number of aromatic nitrogens is 3. The van der Waals surface area contributed by atoms with E-state index in [0.717, 1.165) is 22.0 Å². The first-order valence-electron chi connectivity index (χ1n) is 7.18. The molecule has 0 unspecified atom stereocenters. The number of pyridine rings is 1. The van der Waals surface area contributed by atoms with Gasteiger partial charge in [-0.2, -0.15) is 0 Å². The molecule has 0 saturated carbocycles. The first-order valence-corrected chi connectivity index (χ1v) is 7.55. The van der Waals surface area contributed by atoms with Crippen molar-refractivity contribution in [2.75, 3.05) is 0 Å². The topological polar surface area (TPSA) is 58.6 Å². The Morgan fingerprint density at radius 3 is 2.65 bits per heavy atom. The maximum Gasteiger partial charge on any atom is 0.159 e. The van der Waals surface area contributed by atoms with Crippen LogP contribution >= 0.6 is 11.6 Å².